The Morgan fingerprint density at radius 2 is 2.43 bits per heavy atom. The van der Waals surface area contributed by atoms with Crippen LogP contribution in [-0.4, -0.2) is 12.0 Å². The van der Waals surface area contributed by atoms with Crippen molar-refractivity contribution < 1.29 is 9.90 Å². The molecular weight excluding hydrogens is 96.0 g/mol. The minimum absolute atomic E-state index is 1.28. The van der Waals surface area contributed by atoms with E-state index in [1.54, 1.807) is 0 Å². The summed E-state index contributed by atoms with van der Waals surface area (Å²) in [4.78, 5) is 9.47. The van der Waals surface area contributed by atoms with Gasteiger partial charge in [-0.2, -0.15) is 5.26 Å². The largest absolute Gasteiger partial charge is 0.547 e. The molecule has 1 unspecified atom stereocenters. The van der Waals surface area contributed by atoms with Gasteiger partial charge in [-0.05, 0) is 0 Å². The van der Waals surface area contributed by atoms with E-state index < -0.39 is 12.0 Å². The third kappa shape index (κ3) is 1.73. The van der Waals surface area contributed by atoms with Crippen molar-refractivity contribution >= 4 is 5.97 Å². The van der Waals surface area contributed by atoms with E-state index in [0.717, 1.165) is 0 Å². The SMILES string of the molecule is N#CC(N)C(=O)[O-]. The van der Waals surface area contributed by atoms with Crippen molar-refractivity contribution in [2.75, 3.05) is 0 Å². The smallest absolute Gasteiger partial charge is 0.133 e. The van der Waals surface area contributed by atoms with Crippen LogP contribution in [0.3, 0.4) is 0 Å². The second kappa shape index (κ2) is 2.16. The lowest BCUT2D eigenvalue weighted by atomic mass is 10.4. The first-order valence-corrected chi connectivity index (χ1v) is 1.54. The summed E-state index contributed by atoms with van der Waals surface area (Å²) in [6.07, 6.45) is 0. The average Bonchev–Trinajstić information content (AvgIpc) is 1.65. The lowest BCUT2D eigenvalue weighted by Gasteiger charge is -1.98. The van der Waals surface area contributed by atoms with E-state index in [2.05, 4.69) is 5.73 Å². The summed E-state index contributed by atoms with van der Waals surface area (Å²) in [6.45, 7) is 0. The summed E-state index contributed by atoms with van der Waals surface area (Å²) >= 11 is 0. The fourth-order valence-corrected chi connectivity index (χ4v) is 0.0527. The minimum atomic E-state index is -1.54. The van der Waals surface area contributed by atoms with Crippen LogP contribution in [0.25, 0.3) is 0 Å². The Kier molecular flexibility index (Phi) is 1.82. The van der Waals surface area contributed by atoms with Gasteiger partial charge in [-0.1, -0.05) is 0 Å². The van der Waals surface area contributed by atoms with Crippen LogP contribution in [0.15, 0.2) is 0 Å². The summed E-state index contributed by atoms with van der Waals surface area (Å²) in [6, 6.07) is -0.206. The van der Waals surface area contributed by atoms with Crippen molar-refractivity contribution in [3.05, 3.63) is 0 Å². The van der Waals surface area contributed by atoms with Crippen molar-refractivity contribution in [3.8, 4) is 6.07 Å². The number of aliphatic carboxylic acids is 1. The van der Waals surface area contributed by atoms with Gasteiger partial charge >= 0.3 is 0 Å². The summed E-state index contributed by atoms with van der Waals surface area (Å²) in [5.74, 6) is -1.54. The maximum atomic E-state index is 9.47. The molecule has 0 aliphatic rings. The lowest BCUT2D eigenvalue weighted by Crippen LogP contribution is -2.40. The van der Waals surface area contributed by atoms with E-state index in [-0.39, 0.29) is 0 Å². The van der Waals surface area contributed by atoms with Crippen LogP contribution in [0.4, 0.5) is 0 Å². The van der Waals surface area contributed by atoms with Crippen molar-refractivity contribution in [1.29, 1.82) is 5.26 Å². The number of hydrogen-bond acceptors (Lipinski definition) is 4. The molecule has 0 radical (unpaired) electrons. The second-order valence-electron chi connectivity index (χ2n) is 0.926. The average molecular weight is 99.1 g/mol. The molecule has 0 aromatic heterocycles. The maximum absolute atomic E-state index is 9.47. The van der Waals surface area contributed by atoms with E-state index in [9.17, 15) is 9.90 Å². The van der Waals surface area contributed by atoms with Crippen LogP contribution in [0, 0.1) is 11.3 Å². The fourth-order valence-electron chi connectivity index (χ4n) is 0.0527. The fraction of sp³-hybridized carbons (Fsp3) is 0.333. The predicted octanol–water partition coefficient (Wildman–Crippen LogP) is -2.41. The zero-order valence-electron chi connectivity index (χ0n) is 3.42. The molecule has 0 saturated heterocycles. The molecule has 0 saturated carbocycles. The van der Waals surface area contributed by atoms with Gasteiger partial charge in [0.25, 0.3) is 0 Å². The zero-order valence-corrected chi connectivity index (χ0v) is 3.42. The molecule has 0 aliphatic heterocycles. The molecule has 7 heavy (non-hydrogen) atoms. The number of hydrogen-bond donors (Lipinski definition) is 1. The van der Waals surface area contributed by atoms with E-state index in [1.165, 1.54) is 6.07 Å². The highest BCUT2D eigenvalue weighted by Gasteiger charge is 1.95. The van der Waals surface area contributed by atoms with Crippen molar-refractivity contribution in [2.45, 2.75) is 6.04 Å². The third-order valence-corrected chi connectivity index (χ3v) is 0.393. The molecule has 0 fully saturated rings. The van der Waals surface area contributed by atoms with Gasteiger partial charge < -0.3 is 15.6 Å². The molecule has 4 nitrogen and oxygen atoms in total. The molecule has 0 bridgehead atoms. The first-order valence-electron chi connectivity index (χ1n) is 1.54. The van der Waals surface area contributed by atoms with Gasteiger partial charge in [-0.15, -0.1) is 0 Å². The number of nitrogens with zero attached hydrogens (tertiary/aromatic N) is 1. The van der Waals surface area contributed by atoms with Gasteiger partial charge in [0, 0.05) is 0 Å². The van der Waals surface area contributed by atoms with Gasteiger partial charge in [0.05, 0.1) is 12.0 Å². The highest BCUT2D eigenvalue weighted by atomic mass is 16.4. The van der Waals surface area contributed by atoms with E-state index in [4.69, 9.17) is 5.26 Å². The van der Waals surface area contributed by atoms with Crippen LogP contribution < -0.4 is 10.8 Å². The maximum Gasteiger partial charge on any atom is 0.133 e. The Balaban J connectivity index is 3.63. The number of carbonyl (C=O) groups excluding carboxylic acids is 1. The van der Waals surface area contributed by atoms with Crippen LogP contribution in [-0.2, 0) is 4.79 Å². The van der Waals surface area contributed by atoms with Crippen LogP contribution >= 0.6 is 0 Å². The molecule has 1 atom stereocenters. The summed E-state index contributed by atoms with van der Waals surface area (Å²) in [5, 5.41) is 17.2. The molecule has 0 amide bonds. The Labute approximate surface area is 40.2 Å². The third-order valence-electron chi connectivity index (χ3n) is 0.393. The van der Waals surface area contributed by atoms with Crippen molar-refractivity contribution in [1.82, 2.24) is 0 Å². The molecule has 0 aromatic carbocycles. The highest BCUT2D eigenvalue weighted by Crippen LogP contribution is 1.64. The Bertz CT molecular complexity index is 115. The number of nitrogens with two attached hydrogens (primary N) is 1. The second-order valence-corrected chi connectivity index (χ2v) is 0.926. The zero-order chi connectivity index (χ0) is 5.86. The molecule has 0 heterocycles. The van der Waals surface area contributed by atoms with Gasteiger partial charge in [0.1, 0.15) is 6.04 Å². The molecule has 0 spiro atoms. The van der Waals surface area contributed by atoms with E-state index >= 15 is 0 Å². The monoisotopic (exact) mass is 99.0 g/mol. The first-order chi connectivity index (χ1) is 3.18. The molecule has 0 rings (SSSR count). The number of nitriles is 1. The molecule has 0 aromatic rings. The number of carboxylic acids is 1. The van der Waals surface area contributed by atoms with E-state index in [0.29, 0.717) is 0 Å². The van der Waals surface area contributed by atoms with Crippen LogP contribution in [0.5, 0.6) is 0 Å². The van der Waals surface area contributed by atoms with Gasteiger partial charge in [-0.25, -0.2) is 0 Å². The molecule has 0 aliphatic carbocycles. The van der Waals surface area contributed by atoms with Gasteiger partial charge in [0.2, 0.25) is 0 Å². The Morgan fingerprint density at radius 3 is 2.43 bits per heavy atom. The van der Waals surface area contributed by atoms with Crippen molar-refractivity contribution in [2.24, 2.45) is 5.73 Å². The topological polar surface area (TPSA) is 89.9 Å². The van der Waals surface area contributed by atoms with Crippen LogP contribution in [0.2, 0.25) is 0 Å². The Morgan fingerprint density at radius 1 is 2.00 bits per heavy atom. The van der Waals surface area contributed by atoms with Crippen molar-refractivity contribution in [3.63, 3.8) is 0 Å². The van der Waals surface area contributed by atoms with E-state index in [1.807, 2.05) is 0 Å². The normalized spacial score (nSPS) is 12.0. The molecule has 38 valence electrons. The molecular formula is C3H3N2O2-. The number of rotatable bonds is 1. The quantitative estimate of drug-likeness (QED) is 0.396. The standard InChI is InChI=1S/C3H4N2O2/c4-1-2(5)3(6)7/h2H,5H2,(H,6,7)/p-1. The Hall–Kier alpha value is -1.08. The highest BCUT2D eigenvalue weighted by molar-refractivity contribution is 5.74. The minimum Gasteiger partial charge on any atom is -0.547 e. The summed E-state index contributed by atoms with van der Waals surface area (Å²) in [5.41, 5.74) is 4.59. The van der Waals surface area contributed by atoms with Gasteiger partial charge in [0.15, 0.2) is 0 Å². The first kappa shape index (κ1) is 5.92. The van der Waals surface area contributed by atoms with Crippen LogP contribution in [0.1, 0.15) is 0 Å². The van der Waals surface area contributed by atoms with Gasteiger partial charge in [-0.3, -0.25) is 0 Å². The summed E-state index contributed by atoms with van der Waals surface area (Å²) in [7, 11) is 0. The number of carboxylic acid groups (broad SMARTS) is 1. The predicted molar refractivity (Wildman–Crippen MR) is 18.6 cm³/mol. The summed E-state index contributed by atoms with van der Waals surface area (Å²) < 4.78 is 0. The molecule has 2 N–H and O–H groups in total. The molecule has 4 heteroatoms. The lowest BCUT2D eigenvalue weighted by molar-refractivity contribution is -0.305. The number of carbonyl (C=O) groups is 1.